The first-order valence-corrected chi connectivity index (χ1v) is 9.43. The molecule has 4 aromatic rings. The lowest BCUT2D eigenvalue weighted by molar-refractivity contribution is 0.475. The number of fused-ring (bicyclic) bond motifs is 1. The van der Waals surface area contributed by atoms with Crippen LogP contribution in [-0.4, -0.2) is 16.3 Å². The molecule has 0 bridgehead atoms. The monoisotopic (exact) mass is 430 g/mol. The van der Waals surface area contributed by atoms with Crippen LogP contribution in [0.15, 0.2) is 57.9 Å². The van der Waals surface area contributed by atoms with E-state index in [0.717, 1.165) is 11.1 Å². The van der Waals surface area contributed by atoms with Crippen molar-refractivity contribution in [2.45, 2.75) is 6.92 Å². The number of aromatic nitrogens is 1. The van der Waals surface area contributed by atoms with Crippen molar-refractivity contribution in [2.75, 3.05) is 0 Å². The lowest BCUT2D eigenvalue weighted by atomic mass is 10.1. The molecule has 0 aliphatic heterocycles. The second-order valence-corrected chi connectivity index (χ2v) is 7.50. The summed E-state index contributed by atoms with van der Waals surface area (Å²) in [5.74, 6) is 0.404. The molecule has 1 aromatic heterocycles. The molecular weight excluding hydrogens is 419 g/mol. The summed E-state index contributed by atoms with van der Waals surface area (Å²) in [5.41, 5.74) is 4.20. The molecule has 0 amide bonds. The van der Waals surface area contributed by atoms with Crippen molar-refractivity contribution in [1.82, 2.24) is 4.98 Å². The average molecular weight is 432 g/mol. The van der Waals surface area contributed by atoms with Gasteiger partial charge in [0.15, 0.2) is 5.58 Å². The lowest BCUT2D eigenvalue weighted by Crippen LogP contribution is -1.85. The summed E-state index contributed by atoms with van der Waals surface area (Å²) in [6.45, 7) is 1.94. The summed E-state index contributed by atoms with van der Waals surface area (Å²) in [7, 11) is 0. The van der Waals surface area contributed by atoms with E-state index >= 15 is 0 Å². The minimum Gasteiger partial charge on any atom is -0.506 e. The highest BCUT2D eigenvalue weighted by Crippen LogP contribution is 2.32. The van der Waals surface area contributed by atoms with E-state index in [1.807, 2.05) is 25.1 Å². The molecule has 140 valence electrons. The van der Waals surface area contributed by atoms with Gasteiger partial charge in [-0.2, -0.15) is 0 Å². The first kappa shape index (κ1) is 18.8. The Bertz CT molecular complexity index is 1230. The summed E-state index contributed by atoms with van der Waals surface area (Å²) in [6, 6.07) is 14.1. The van der Waals surface area contributed by atoms with Crippen LogP contribution in [0.25, 0.3) is 22.6 Å². The Hall–Kier alpha value is -2.53. The second-order valence-electron chi connectivity index (χ2n) is 6.22. The molecule has 0 fully saturated rings. The number of nitrogens with zero attached hydrogens (tertiary/aromatic N) is 2. The molecule has 3 aromatic carbocycles. The van der Waals surface area contributed by atoms with E-state index in [1.54, 1.807) is 24.3 Å². The number of rotatable bonds is 3. The maximum atomic E-state index is 10.1. The molecule has 1 N–H and O–H groups in total. The van der Waals surface area contributed by atoms with Gasteiger partial charge in [-0.15, -0.1) is 0 Å². The number of hydrogen-bond donors (Lipinski definition) is 1. The van der Waals surface area contributed by atoms with Crippen LogP contribution in [0.4, 0.5) is 5.69 Å². The summed E-state index contributed by atoms with van der Waals surface area (Å²) in [6.07, 6.45) is 1.52. The maximum absolute atomic E-state index is 10.1. The Morgan fingerprint density at radius 1 is 1.00 bits per heavy atom. The van der Waals surface area contributed by atoms with Gasteiger partial charge in [-0.25, -0.2) is 4.98 Å². The third kappa shape index (κ3) is 3.72. The maximum Gasteiger partial charge on any atom is 0.227 e. The molecule has 28 heavy (non-hydrogen) atoms. The highest BCUT2D eigenvalue weighted by Gasteiger charge is 2.11. The third-order valence-electron chi connectivity index (χ3n) is 4.21. The van der Waals surface area contributed by atoms with E-state index in [9.17, 15) is 5.11 Å². The zero-order valence-electron chi connectivity index (χ0n) is 14.6. The molecule has 0 aliphatic carbocycles. The third-order valence-corrected chi connectivity index (χ3v) is 4.95. The van der Waals surface area contributed by atoms with Crippen molar-refractivity contribution in [3.63, 3.8) is 0 Å². The summed E-state index contributed by atoms with van der Waals surface area (Å²) in [4.78, 5) is 8.97. The Labute approximate surface area is 176 Å². The number of benzene rings is 3. The predicted molar refractivity (Wildman–Crippen MR) is 115 cm³/mol. The Balaban J connectivity index is 1.73. The minimum absolute atomic E-state index is 0.0700. The van der Waals surface area contributed by atoms with Crippen LogP contribution >= 0.6 is 34.8 Å². The molecule has 4 rings (SSSR count). The number of oxazole rings is 1. The van der Waals surface area contributed by atoms with Gasteiger partial charge in [0.1, 0.15) is 11.3 Å². The van der Waals surface area contributed by atoms with Gasteiger partial charge >= 0.3 is 0 Å². The Kier molecular flexibility index (Phi) is 5.02. The Morgan fingerprint density at radius 2 is 1.82 bits per heavy atom. The second kappa shape index (κ2) is 7.47. The van der Waals surface area contributed by atoms with Crippen molar-refractivity contribution in [1.29, 1.82) is 0 Å². The van der Waals surface area contributed by atoms with E-state index in [1.165, 1.54) is 12.3 Å². The highest BCUT2D eigenvalue weighted by atomic mass is 35.5. The molecule has 0 atom stereocenters. The van der Waals surface area contributed by atoms with Crippen LogP contribution in [0.3, 0.4) is 0 Å². The van der Waals surface area contributed by atoms with E-state index < -0.39 is 0 Å². The van der Waals surface area contributed by atoms with Gasteiger partial charge in [0.2, 0.25) is 5.89 Å². The van der Waals surface area contributed by atoms with Crippen molar-refractivity contribution in [3.05, 3.63) is 74.7 Å². The van der Waals surface area contributed by atoms with Crippen LogP contribution in [0.1, 0.15) is 11.1 Å². The number of hydrogen-bond acceptors (Lipinski definition) is 4. The fraction of sp³-hybridized carbons (Fsp3) is 0.0476. The van der Waals surface area contributed by atoms with Crippen LogP contribution in [0.2, 0.25) is 15.1 Å². The van der Waals surface area contributed by atoms with E-state index in [0.29, 0.717) is 38.3 Å². The molecule has 0 saturated heterocycles. The molecule has 0 radical (unpaired) electrons. The predicted octanol–water partition coefficient (Wildman–Crippen LogP) is 7.22. The van der Waals surface area contributed by atoms with E-state index in [-0.39, 0.29) is 10.8 Å². The summed E-state index contributed by atoms with van der Waals surface area (Å²) >= 11 is 18.0. The lowest BCUT2D eigenvalue weighted by Gasteiger charge is -2.04. The molecule has 1 heterocycles. The summed E-state index contributed by atoms with van der Waals surface area (Å²) in [5, 5.41) is 11.3. The number of halogens is 3. The fourth-order valence-electron chi connectivity index (χ4n) is 2.73. The van der Waals surface area contributed by atoms with E-state index in [2.05, 4.69) is 9.98 Å². The van der Waals surface area contributed by atoms with Crippen LogP contribution in [0.5, 0.6) is 5.75 Å². The number of aliphatic imine (C=N–C) groups is 1. The van der Waals surface area contributed by atoms with Crippen molar-refractivity contribution < 1.29 is 9.52 Å². The summed E-state index contributed by atoms with van der Waals surface area (Å²) < 4.78 is 5.82. The number of phenols is 1. The molecular formula is C21H13Cl3N2O2. The number of aryl methyl sites for hydroxylation is 1. The van der Waals surface area contributed by atoms with Crippen LogP contribution < -0.4 is 0 Å². The minimum atomic E-state index is -0.0700. The van der Waals surface area contributed by atoms with Gasteiger partial charge < -0.3 is 9.52 Å². The van der Waals surface area contributed by atoms with Gasteiger partial charge in [-0.1, -0.05) is 40.9 Å². The zero-order valence-corrected chi connectivity index (χ0v) is 16.8. The van der Waals surface area contributed by atoms with Crippen LogP contribution in [0, 0.1) is 6.92 Å². The van der Waals surface area contributed by atoms with Crippen molar-refractivity contribution in [3.8, 4) is 17.2 Å². The quantitative estimate of drug-likeness (QED) is 0.348. The van der Waals surface area contributed by atoms with Gasteiger partial charge in [0.25, 0.3) is 0 Å². The van der Waals surface area contributed by atoms with Gasteiger partial charge in [-0.3, -0.25) is 4.99 Å². The van der Waals surface area contributed by atoms with Crippen molar-refractivity contribution in [2.24, 2.45) is 4.99 Å². The molecule has 0 unspecified atom stereocenters. The molecule has 0 spiro atoms. The first-order valence-electron chi connectivity index (χ1n) is 8.30. The molecule has 0 saturated carbocycles. The molecule has 0 aliphatic rings. The van der Waals surface area contributed by atoms with Gasteiger partial charge in [-0.05, 0) is 55.0 Å². The Morgan fingerprint density at radius 3 is 2.64 bits per heavy atom. The number of aromatic hydroxyl groups is 1. The standard InChI is InChI=1S/C21H13Cl3N2O2/c1-11-2-3-12(21-26-18-9-14(22)4-5-19(18)28-21)7-17(11)25-10-13-6-15(23)8-16(24)20(13)27/h2-10,27H,1H3. The molecule has 4 nitrogen and oxygen atoms in total. The van der Waals surface area contributed by atoms with Crippen molar-refractivity contribution >= 4 is 57.8 Å². The van der Waals surface area contributed by atoms with E-state index in [4.69, 9.17) is 39.2 Å². The normalized spacial score (nSPS) is 11.6. The largest absolute Gasteiger partial charge is 0.506 e. The SMILES string of the molecule is Cc1ccc(-c2nc3cc(Cl)ccc3o2)cc1N=Cc1cc(Cl)cc(Cl)c1O. The average Bonchev–Trinajstić information content (AvgIpc) is 3.07. The fourth-order valence-corrected chi connectivity index (χ4v) is 3.40. The van der Waals surface area contributed by atoms with Gasteiger partial charge in [0, 0.05) is 27.4 Å². The highest BCUT2D eigenvalue weighted by molar-refractivity contribution is 6.36. The first-order chi connectivity index (χ1) is 13.4. The zero-order chi connectivity index (χ0) is 19.8. The number of phenolic OH excluding ortho intramolecular Hbond substituents is 1. The van der Waals surface area contributed by atoms with Gasteiger partial charge in [0.05, 0.1) is 10.7 Å². The molecule has 7 heteroatoms. The van der Waals surface area contributed by atoms with Crippen LogP contribution in [-0.2, 0) is 0 Å². The smallest absolute Gasteiger partial charge is 0.227 e. The topological polar surface area (TPSA) is 58.6 Å².